The molecule has 0 aliphatic carbocycles. The van der Waals surface area contributed by atoms with E-state index < -0.39 is 0 Å². The highest BCUT2D eigenvalue weighted by molar-refractivity contribution is 6.30. The van der Waals surface area contributed by atoms with Crippen molar-refractivity contribution in [2.45, 2.75) is 38.6 Å². The minimum absolute atomic E-state index is 0. The van der Waals surface area contributed by atoms with Crippen LogP contribution in [0.15, 0.2) is 72.8 Å². The molecule has 0 spiro atoms. The van der Waals surface area contributed by atoms with Gasteiger partial charge in [0.15, 0.2) is 0 Å². The number of halogens is 4. The van der Waals surface area contributed by atoms with Crippen molar-refractivity contribution in [3.05, 3.63) is 100 Å². The Morgan fingerprint density at radius 1 is 0.909 bits per heavy atom. The van der Waals surface area contributed by atoms with Crippen molar-refractivity contribution in [3.63, 3.8) is 0 Å². The average molecular weight is 512 g/mol. The van der Waals surface area contributed by atoms with Crippen LogP contribution >= 0.6 is 36.4 Å². The van der Waals surface area contributed by atoms with Crippen LogP contribution in [0, 0.1) is 5.82 Å². The van der Waals surface area contributed by atoms with Gasteiger partial charge in [-0.2, -0.15) is 0 Å². The number of nitrogens with zero attached hydrogens (tertiary/aromatic N) is 1. The third-order valence-corrected chi connectivity index (χ3v) is 5.98. The standard InChI is InChI=1S/C26H28ClFN2O.2ClH/c27-23-8-11-26(31-19-21-6-9-24(28)10-7-21)22(16-23)17-29-25-12-14-30(15-13-25)18-20-4-2-1-3-5-20;;/h1-11,16,25,29H,12-15,17-19H2;2*1H. The number of nitrogens with one attached hydrogen (secondary N) is 1. The summed E-state index contributed by atoms with van der Waals surface area (Å²) >= 11 is 6.24. The first kappa shape index (κ1) is 27.4. The maximum Gasteiger partial charge on any atom is 0.124 e. The molecule has 178 valence electrons. The molecule has 1 aliphatic heterocycles. The summed E-state index contributed by atoms with van der Waals surface area (Å²) in [5, 5.41) is 4.38. The Kier molecular flexibility index (Phi) is 11.5. The van der Waals surface area contributed by atoms with Gasteiger partial charge in [-0.1, -0.05) is 54.1 Å². The molecule has 0 saturated carbocycles. The largest absolute Gasteiger partial charge is 0.489 e. The first-order valence-corrected chi connectivity index (χ1v) is 11.2. The highest BCUT2D eigenvalue weighted by Gasteiger charge is 2.19. The number of hydrogen-bond donors (Lipinski definition) is 1. The van der Waals surface area contributed by atoms with Crippen LogP contribution in [-0.2, 0) is 19.7 Å². The maximum atomic E-state index is 13.1. The lowest BCUT2D eigenvalue weighted by molar-refractivity contribution is 0.189. The van der Waals surface area contributed by atoms with Crippen LogP contribution in [0.25, 0.3) is 0 Å². The molecule has 0 bridgehead atoms. The first-order chi connectivity index (χ1) is 15.2. The van der Waals surface area contributed by atoms with Crippen LogP contribution in [-0.4, -0.2) is 24.0 Å². The molecule has 4 rings (SSSR count). The van der Waals surface area contributed by atoms with Crippen molar-refractivity contribution in [1.82, 2.24) is 10.2 Å². The Morgan fingerprint density at radius 2 is 1.61 bits per heavy atom. The van der Waals surface area contributed by atoms with Gasteiger partial charge in [0.25, 0.3) is 0 Å². The number of ether oxygens (including phenoxy) is 1. The molecule has 0 atom stereocenters. The van der Waals surface area contributed by atoms with E-state index in [2.05, 4.69) is 40.5 Å². The molecule has 1 saturated heterocycles. The van der Waals surface area contributed by atoms with Gasteiger partial charge in [0.05, 0.1) is 0 Å². The van der Waals surface area contributed by atoms with Gasteiger partial charge in [-0.15, -0.1) is 24.8 Å². The molecule has 3 nitrogen and oxygen atoms in total. The third-order valence-electron chi connectivity index (χ3n) is 5.75. The predicted molar refractivity (Wildman–Crippen MR) is 138 cm³/mol. The van der Waals surface area contributed by atoms with Gasteiger partial charge in [-0.05, 0) is 67.4 Å². The van der Waals surface area contributed by atoms with Crippen LogP contribution in [0.5, 0.6) is 5.75 Å². The molecule has 33 heavy (non-hydrogen) atoms. The topological polar surface area (TPSA) is 24.5 Å². The van der Waals surface area contributed by atoms with E-state index in [1.54, 1.807) is 12.1 Å². The zero-order valence-corrected chi connectivity index (χ0v) is 20.8. The zero-order valence-electron chi connectivity index (χ0n) is 18.4. The van der Waals surface area contributed by atoms with Gasteiger partial charge < -0.3 is 10.1 Å². The third kappa shape index (κ3) is 8.47. The normalized spacial score (nSPS) is 14.2. The fourth-order valence-electron chi connectivity index (χ4n) is 3.96. The lowest BCUT2D eigenvalue weighted by Crippen LogP contribution is -2.41. The van der Waals surface area contributed by atoms with Crippen molar-refractivity contribution in [2.75, 3.05) is 13.1 Å². The summed E-state index contributed by atoms with van der Waals surface area (Å²) in [5.41, 5.74) is 3.35. The zero-order chi connectivity index (χ0) is 21.5. The molecular weight excluding hydrogens is 482 g/mol. The Balaban J connectivity index is 0.00000193. The van der Waals surface area contributed by atoms with Gasteiger partial charge >= 0.3 is 0 Å². The quantitative estimate of drug-likeness (QED) is 0.366. The molecule has 0 unspecified atom stereocenters. The molecule has 1 heterocycles. The van der Waals surface area contributed by atoms with E-state index in [1.807, 2.05) is 18.2 Å². The summed E-state index contributed by atoms with van der Waals surface area (Å²) in [6.45, 7) is 4.31. The number of piperidine rings is 1. The van der Waals surface area contributed by atoms with Crippen LogP contribution in [0.1, 0.15) is 29.5 Å². The molecule has 1 aliphatic rings. The van der Waals surface area contributed by atoms with Crippen LogP contribution in [0.4, 0.5) is 4.39 Å². The molecule has 1 N–H and O–H groups in total. The van der Waals surface area contributed by atoms with E-state index in [4.69, 9.17) is 16.3 Å². The Hall–Kier alpha value is -1.82. The molecule has 0 aromatic heterocycles. The first-order valence-electron chi connectivity index (χ1n) is 10.8. The summed E-state index contributed by atoms with van der Waals surface area (Å²) in [7, 11) is 0. The Labute approximate surface area is 213 Å². The van der Waals surface area contributed by atoms with E-state index >= 15 is 0 Å². The predicted octanol–water partition coefficient (Wildman–Crippen LogP) is 6.66. The summed E-state index contributed by atoms with van der Waals surface area (Å²) in [5.74, 6) is 0.567. The number of likely N-dealkylation sites (tertiary alicyclic amines) is 1. The van der Waals surface area contributed by atoms with E-state index in [0.29, 0.717) is 24.2 Å². The van der Waals surface area contributed by atoms with E-state index in [9.17, 15) is 4.39 Å². The summed E-state index contributed by atoms with van der Waals surface area (Å²) in [6, 6.07) is 23.2. The summed E-state index contributed by atoms with van der Waals surface area (Å²) < 4.78 is 19.1. The lowest BCUT2D eigenvalue weighted by atomic mass is 10.0. The molecular formula is C26H30Cl3FN2O. The summed E-state index contributed by atoms with van der Waals surface area (Å²) in [6.07, 6.45) is 2.25. The van der Waals surface area contributed by atoms with E-state index in [0.717, 1.165) is 49.4 Å². The van der Waals surface area contributed by atoms with Gasteiger partial charge in [-0.3, -0.25) is 4.90 Å². The highest BCUT2D eigenvalue weighted by Crippen LogP contribution is 2.25. The molecule has 0 radical (unpaired) electrons. The van der Waals surface area contributed by atoms with Crippen molar-refractivity contribution in [2.24, 2.45) is 0 Å². The fraction of sp³-hybridized carbons (Fsp3) is 0.308. The van der Waals surface area contributed by atoms with E-state index in [1.165, 1.54) is 17.7 Å². The second kappa shape index (κ2) is 13.8. The molecule has 3 aromatic carbocycles. The van der Waals surface area contributed by atoms with Gasteiger partial charge in [0.2, 0.25) is 0 Å². The second-order valence-corrected chi connectivity index (χ2v) is 8.52. The number of benzene rings is 3. The highest BCUT2D eigenvalue weighted by atomic mass is 35.5. The van der Waals surface area contributed by atoms with Crippen molar-refractivity contribution >= 4 is 36.4 Å². The molecule has 1 fully saturated rings. The Bertz CT molecular complexity index is 965. The van der Waals surface area contributed by atoms with Crippen molar-refractivity contribution < 1.29 is 9.13 Å². The van der Waals surface area contributed by atoms with Crippen LogP contribution < -0.4 is 10.1 Å². The SMILES string of the molecule is Cl.Cl.Fc1ccc(COc2ccc(Cl)cc2CNC2CCN(Cc3ccccc3)CC2)cc1. The maximum absolute atomic E-state index is 13.1. The van der Waals surface area contributed by atoms with Crippen LogP contribution in [0.2, 0.25) is 5.02 Å². The van der Waals surface area contributed by atoms with E-state index in [-0.39, 0.29) is 30.6 Å². The number of rotatable bonds is 8. The Morgan fingerprint density at radius 3 is 2.30 bits per heavy atom. The second-order valence-electron chi connectivity index (χ2n) is 8.08. The van der Waals surface area contributed by atoms with Gasteiger partial charge in [-0.25, -0.2) is 4.39 Å². The molecule has 0 amide bonds. The number of hydrogen-bond acceptors (Lipinski definition) is 3. The fourth-order valence-corrected chi connectivity index (χ4v) is 4.15. The van der Waals surface area contributed by atoms with Crippen molar-refractivity contribution in [3.8, 4) is 5.75 Å². The monoisotopic (exact) mass is 510 g/mol. The average Bonchev–Trinajstić information content (AvgIpc) is 2.80. The summed E-state index contributed by atoms with van der Waals surface area (Å²) in [4.78, 5) is 2.52. The lowest BCUT2D eigenvalue weighted by Gasteiger charge is -2.32. The molecule has 3 aromatic rings. The minimum atomic E-state index is -0.241. The molecule has 7 heteroatoms. The van der Waals surface area contributed by atoms with Crippen LogP contribution in [0.3, 0.4) is 0 Å². The smallest absolute Gasteiger partial charge is 0.124 e. The van der Waals surface area contributed by atoms with Gasteiger partial charge in [0.1, 0.15) is 18.2 Å². The van der Waals surface area contributed by atoms with Gasteiger partial charge in [0, 0.05) is 29.7 Å². The van der Waals surface area contributed by atoms with Crippen molar-refractivity contribution in [1.29, 1.82) is 0 Å². The minimum Gasteiger partial charge on any atom is -0.489 e.